The molecule has 1 saturated heterocycles. The van der Waals surface area contributed by atoms with Crippen molar-refractivity contribution < 1.29 is 9.47 Å². The van der Waals surface area contributed by atoms with Crippen LogP contribution in [0.3, 0.4) is 0 Å². The minimum Gasteiger partial charge on any atom is -0.496 e. The van der Waals surface area contributed by atoms with Gasteiger partial charge in [-0.25, -0.2) is 0 Å². The summed E-state index contributed by atoms with van der Waals surface area (Å²) in [6, 6.07) is 6.15. The number of hydrogen-bond donors (Lipinski definition) is 1. The van der Waals surface area contributed by atoms with Crippen LogP contribution >= 0.6 is 0 Å². The number of nitrogens with zero attached hydrogens (tertiary/aromatic N) is 1. The first-order valence-corrected chi connectivity index (χ1v) is 10.0. The van der Waals surface area contributed by atoms with Crippen LogP contribution in [-0.2, 0) is 6.42 Å². The lowest BCUT2D eigenvalue weighted by molar-refractivity contribution is 0.0582. The Morgan fingerprint density at radius 3 is 2.96 bits per heavy atom. The standard InChI is InChI=1S/C21H34N2O2/c1-3-4-12-22-13-5-6-14-23-15-8-11-21(23)16-18-19(24-2)9-7-10-20(18)25-17-21/h7,9-10,22H,3-6,8,11-17H2,1-2H3. The summed E-state index contributed by atoms with van der Waals surface area (Å²) in [4.78, 5) is 2.69. The maximum Gasteiger partial charge on any atom is 0.126 e. The molecule has 0 bridgehead atoms. The minimum absolute atomic E-state index is 0.178. The highest BCUT2D eigenvalue weighted by molar-refractivity contribution is 5.47. The summed E-state index contributed by atoms with van der Waals surface area (Å²) in [5, 5.41) is 3.55. The minimum atomic E-state index is 0.178. The highest BCUT2D eigenvalue weighted by Gasteiger charge is 2.44. The summed E-state index contributed by atoms with van der Waals surface area (Å²) >= 11 is 0. The number of nitrogens with one attached hydrogen (secondary N) is 1. The zero-order valence-electron chi connectivity index (χ0n) is 16.0. The SMILES string of the molecule is CCCCNCCCCN1CCCC12COc1cccc(OC)c1C2. The van der Waals surface area contributed by atoms with Crippen molar-refractivity contribution in [1.82, 2.24) is 10.2 Å². The van der Waals surface area contributed by atoms with E-state index in [1.807, 2.05) is 6.07 Å². The zero-order chi connectivity index (χ0) is 17.5. The van der Waals surface area contributed by atoms with Gasteiger partial charge in [-0.3, -0.25) is 4.90 Å². The first-order valence-electron chi connectivity index (χ1n) is 10.0. The Kier molecular flexibility index (Phi) is 6.60. The maximum absolute atomic E-state index is 6.17. The summed E-state index contributed by atoms with van der Waals surface area (Å²) in [7, 11) is 1.76. The van der Waals surface area contributed by atoms with Crippen LogP contribution in [-0.4, -0.2) is 50.3 Å². The molecule has 2 aliphatic heterocycles. The van der Waals surface area contributed by atoms with Gasteiger partial charge in [-0.2, -0.15) is 0 Å². The van der Waals surface area contributed by atoms with Gasteiger partial charge in [-0.05, 0) is 70.4 Å². The van der Waals surface area contributed by atoms with Gasteiger partial charge in [0.25, 0.3) is 0 Å². The van der Waals surface area contributed by atoms with Crippen LogP contribution in [0.4, 0.5) is 0 Å². The molecule has 0 saturated carbocycles. The molecule has 0 aromatic heterocycles. The normalized spacial score (nSPS) is 22.8. The van der Waals surface area contributed by atoms with E-state index in [1.54, 1.807) is 7.11 Å². The first-order chi connectivity index (χ1) is 12.3. The molecular weight excluding hydrogens is 312 g/mol. The van der Waals surface area contributed by atoms with Gasteiger partial charge in [-0.15, -0.1) is 0 Å². The Bertz CT molecular complexity index is 534. The van der Waals surface area contributed by atoms with E-state index in [0.717, 1.165) is 37.6 Å². The van der Waals surface area contributed by atoms with Gasteiger partial charge in [0.05, 0.1) is 12.6 Å². The van der Waals surface area contributed by atoms with Crippen LogP contribution < -0.4 is 14.8 Å². The predicted octanol–water partition coefficient (Wildman–Crippen LogP) is 3.63. The second-order valence-electron chi connectivity index (χ2n) is 7.53. The average molecular weight is 347 g/mol. The molecule has 1 spiro atoms. The van der Waals surface area contributed by atoms with Crippen molar-refractivity contribution in [3.05, 3.63) is 23.8 Å². The van der Waals surface area contributed by atoms with Crippen LogP contribution in [0.5, 0.6) is 11.5 Å². The zero-order valence-corrected chi connectivity index (χ0v) is 16.0. The highest BCUT2D eigenvalue weighted by atomic mass is 16.5. The summed E-state index contributed by atoms with van der Waals surface area (Å²) < 4.78 is 11.8. The van der Waals surface area contributed by atoms with Gasteiger partial charge in [-0.1, -0.05) is 19.4 Å². The third-order valence-electron chi connectivity index (χ3n) is 5.79. The maximum atomic E-state index is 6.17. The first kappa shape index (κ1) is 18.5. The third-order valence-corrected chi connectivity index (χ3v) is 5.79. The number of rotatable bonds is 9. The van der Waals surface area contributed by atoms with Crippen LogP contribution in [0, 0.1) is 0 Å². The molecule has 1 N–H and O–H groups in total. The summed E-state index contributed by atoms with van der Waals surface area (Å²) in [5.74, 6) is 1.99. The molecule has 25 heavy (non-hydrogen) atoms. The fourth-order valence-electron chi connectivity index (χ4n) is 4.32. The number of hydrogen-bond acceptors (Lipinski definition) is 4. The van der Waals surface area contributed by atoms with E-state index in [9.17, 15) is 0 Å². The van der Waals surface area contributed by atoms with E-state index >= 15 is 0 Å². The van der Waals surface area contributed by atoms with E-state index in [4.69, 9.17) is 9.47 Å². The Morgan fingerprint density at radius 2 is 2.12 bits per heavy atom. The lowest BCUT2D eigenvalue weighted by Crippen LogP contribution is -2.52. The fourth-order valence-corrected chi connectivity index (χ4v) is 4.32. The average Bonchev–Trinajstić information content (AvgIpc) is 3.02. The van der Waals surface area contributed by atoms with Crippen molar-refractivity contribution in [3.8, 4) is 11.5 Å². The van der Waals surface area contributed by atoms with Gasteiger partial charge in [0, 0.05) is 12.0 Å². The molecule has 140 valence electrons. The van der Waals surface area contributed by atoms with Gasteiger partial charge in [0.15, 0.2) is 0 Å². The monoisotopic (exact) mass is 346 g/mol. The van der Waals surface area contributed by atoms with E-state index in [1.165, 1.54) is 57.2 Å². The molecule has 0 amide bonds. The Labute approximate surface area is 152 Å². The molecule has 1 fully saturated rings. The smallest absolute Gasteiger partial charge is 0.126 e. The molecule has 1 aromatic carbocycles. The Morgan fingerprint density at radius 1 is 1.24 bits per heavy atom. The van der Waals surface area contributed by atoms with Gasteiger partial charge >= 0.3 is 0 Å². The van der Waals surface area contributed by atoms with E-state index in [0.29, 0.717) is 0 Å². The van der Waals surface area contributed by atoms with Crippen molar-refractivity contribution in [1.29, 1.82) is 0 Å². The largest absolute Gasteiger partial charge is 0.496 e. The molecule has 1 unspecified atom stereocenters. The van der Waals surface area contributed by atoms with Crippen LogP contribution in [0.15, 0.2) is 18.2 Å². The van der Waals surface area contributed by atoms with Crippen molar-refractivity contribution >= 4 is 0 Å². The quantitative estimate of drug-likeness (QED) is 0.692. The van der Waals surface area contributed by atoms with Crippen molar-refractivity contribution in [2.24, 2.45) is 0 Å². The number of likely N-dealkylation sites (tertiary alicyclic amines) is 1. The number of methoxy groups -OCH3 is 1. The molecule has 4 heteroatoms. The molecule has 4 nitrogen and oxygen atoms in total. The summed E-state index contributed by atoms with van der Waals surface area (Å²) in [6.07, 6.45) is 8.65. The lowest BCUT2D eigenvalue weighted by atomic mass is 9.86. The van der Waals surface area contributed by atoms with Gasteiger partial charge in [0.2, 0.25) is 0 Å². The van der Waals surface area contributed by atoms with E-state index in [2.05, 4.69) is 29.3 Å². The molecule has 1 aromatic rings. The highest BCUT2D eigenvalue weighted by Crippen LogP contribution is 2.42. The summed E-state index contributed by atoms with van der Waals surface area (Å²) in [6.45, 7) is 7.76. The molecule has 1 atom stereocenters. The second kappa shape index (κ2) is 8.91. The van der Waals surface area contributed by atoms with Crippen molar-refractivity contribution in [2.45, 2.75) is 57.4 Å². The molecule has 0 radical (unpaired) electrons. The third kappa shape index (κ3) is 4.29. The van der Waals surface area contributed by atoms with Crippen LogP contribution in [0.25, 0.3) is 0 Å². The molecule has 2 aliphatic rings. The second-order valence-corrected chi connectivity index (χ2v) is 7.53. The molecule has 0 aliphatic carbocycles. The van der Waals surface area contributed by atoms with Crippen LogP contribution in [0.1, 0.15) is 51.0 Å². The van der Waals surface area contributed by atoms with Gasteiger partial charge in [0.1, 0.15) is 18.1 Å². The summed E-state index contributed by atoms with van der Waals surface area (Å²) in [5.41, 5.74) is 1.43. The van der Waals surface area contributed by atoms with E-state index in [-0.39, 0.29) is 5.54 Å². The topological polar surface area (TPSA) is 33.7 Å². The number of unbranched alkanes of at least 4 members (excludes halogenated alkanes) is 2. The van der Waals surface area contributed by atoms with E-state index < -0.39 is 0 Å². The lowest BCUT2D eigenvalue weighted by Gasteiger charge is -2.42. The molecular formula is C21H34N2O2. The molecule has 3 rings (SSSR count). The predicted molar refractivity (Wildman–Crippen MR) is 103 cm³/mol. The fraction of sp³-hybridized carbons (Fsp3) is 0.714. The Hall–Kier alpha value is -1.26. The number of fused-ring (bicyclic) bond motifs is 1. The van der Waals surface area contributed by atoms with Crippen molar-refractivity contribution in [3.63, 3.8) is 0 Å². The van der Waals surface area contributed by atoms with Crippen LogP contribution in [0.2, 0.25) is 0 Å². The Balaban J connectivity index is 1.54. The molecule has 2 heterocycles. The van der Waals surface area contributed by atoms with Gasteiger partial charge < -0.3 is 14.8 Å². The number of ether oxygens (including phenoxy) is 2. The number of benzene rings is 1. The van der Waals surface area contributed by atoms with Crippen molar-refractivity contribution in [2.75, 3.05) is 39.9 Å².